The second-order valence-corrected chi connectivity index (χ2v) is 4.38. The summed E-state index contributed by atoms with van der Waals surface area (Å²) in [6, 6.07) is 0.133. The summed E-state index contributed by atoms with van der Waals surface area (Å²) in [5.74, 6) is -0.525. The average molecular weight is 284 g/mol. The molecule has 0 aliphatic rings. The lowest BCUT2D eigenvalue weighted by Gasteiger charge is -2.27. The Morgan fingerprint density at radius 2 is 1.79 bits per heavy atom. The molecule has 114 valence electrons. The molecule has 0 aromatic carbocycles. The van der Waals surface area contributed by atoms with Gasteiger partial charge in [-0.2, -0.15) is 13.2 Å². The normalized spacial score (nSPS) is 15.4. The fourth-order valence-electron chi connectivity index (χ4n) is 1.66. The minimum Gasteiger partial charge on any atom is -0.359 e. The molecule has 0 heterocycles. The van der Waals surface area contributed by atoms with Crippen molar-refractivity contribution in [3.8, 4) is 0 Å². The predicted octanol–water partition coefficient (Wildman–Crippen LogP) is 1.80. The van der Waals surface area contributed by atoms with Gasteiger partial charge in [-0.1, -0.05) is 13.8 Å². The lowest BCUT2D eigenvalue weighted by molar-refractivity contribution is -0.185. The maximum atomic E-state index is 11.9. The molecule has 19 heavy (non-hydrogen) atoms. The molecular formula is C12H23F3N2O2. The highest BCUT2D eigenvalue weighted by Gasteiger charge is 2.29. The van der Waals surface area contributed by atoms with Gasteiger partial charge < -0.3 is 10.1 Å². The number of carbonyl (C=O) groups excluding carboxylic acids is 1. The number of halogens is 3. The third kappa shape index (κ3) is 8.05. The summed E-state index contributed by atoms with van der Waals surface area (Å²) in [6.07, 6.45) is -5.52. The number of carbonyl (C=O) groups is 1. The van der Waals surface area contributed by atoms with Crippen molar-refractivity contribution in [1.29, 1.82) is 0 Å². The highest BCUT2D eigenvalue weighted by Crippen LogP contribution is 2.15. The molecule has 1 N–H and O–H groups in total. The fourth-order valence-corrected chi connectivity index (χ4v) is 1.66. The van der Waals surface area contributed by atoms with Crippen LogP contribution in [-0.4, -0.2) is 55.4 Å². The van der Waals surface area contributed by atoms with Crippen molar-refractivity contribution in [3.05, 3.63) is 0 Å². The molecule has 0 aliphatic carbocycles. The maximum Gasteiger partial charge on any atom is 0.411 e. The Kier molecular flexibility index (Phi) is 8.01. The van der Waals surface area contributed by atoms with Crippen LogP contribution in [-0.2, 0) is 9.53 Å². The van der Waals surface area contributed by atoms with E-state index in [1.807, 2.05) is 20.8 Å². The van der Waals surface area contributed by atoms with Gasteiger partial charge in [0.2, 0.25) is 5.91 Å². The number of ether oxygens (including phenoxy) is 1. The van der Waals surface area contributed by atoms with E-state index in [4.69, 9.17) is 0 Å². The highest BCUT2D eigenvalue weighted by atomic mass is 19.4. The van der Waals surface area contributed by atoms with Crippen LogP contribution in [0.25, 0.3) is 0 Å². The number of nitrogens with one attached hydrogen (secondary N) is 1. The van der Waals surface area contributed by atoms with Crippen LogP contribution in [0.15, 0.2) is 0 Å². The number of alkyl halides is 3. The summed E-state index contributed by atoms with van der Waals surface area (Å²) >= 11 is 0. The van der Waals surface area contributed by atoms with Crippen LogP contribution >= 0.6 is 0 Å². The molecule has 4 nitrogen and oxygen atoms in total. The number of amides is 1. The first kappa shape index (κ1) is 18.2. The Balaban J connectivity index is 4.03. The van der Waals surface area contributed by atoms with E-state index in [-0.39, 0.29) is 6.04 Å². The molecule has 2 unspecified atom stereocenters. The Morgan fingerprint density at radius 1 is 1.26 bits per heavy atom. The first-order valence-electron chi connectivity index (χ1n) is 6.41. The number of hydrogen-bond acceptors (Lipinski definition) is 3. The van der Waals surface area contributed by atoms with E-state index < -0.39 is 24.8 Å². The topological polar surface area (TPSA) is 41.6 Å². The summed E-state index contributed by atoms with van der Waals surface area (Å²) < 4.78 is 40.2. The van der Waals surface area contributed by atoms with E-state index in [1.165, 1.54) is 6.92 Å². The van der Waals surface area contributed by atoms with Gasteiger partial charge in [0.05, 0.1) is 0 Å². The van der Waals surface area contributed by atoms with Crippen molar-refractivity contribution in [2.24, 2.45) is 0 Å². The standard InChI is InChI=1S/C12H23F3N2O2/c1-5-17(6-2)9(3)7-16-11(18)10(4)19-8-12(13,14)15/h9-10H,5-8H2,1-4H3,(H,16,18). The van der Waals surface area contributed by atoms with Gasteiger partial charge in [0.25, 0.3) is 0 Å². The zero-order chi connectivity index (χ0) is 15.1. The molecule has 0 saturated heterocycles. The largest absolute Gasteiger partial charge is 0.411 e. The Labute approximate surface area is 112 Å². The van der Waals surface area contributed by atoms with Gasteiger partial charge in [0, 0.05) is 12.6 Å². The Bertz CT molecular complexity index is 268. The van der Waals surface area contributed by atoms with Gasteiger partial charge in [0.15, 0.2) is 0 Å². The average Bonchev–Trinajstić information content (AvgIpc) is 2.33. The van der Waals surface area contributed by atoms with E-state index in [2.05, 4.69) is 15.0 Å². The molecule has 0 spiro atoms. The van der Waals surface area contributed by atoms with Crippen molar-refractivity contribution >= 4 is 5.91 Å². The summed E-state index contributed by atoms with van der Waals surface area (Å²) in [7, 11) is 0. The zero-order valence-corrected chi connectivity index (χ0v) is 11.9. The van der Waals surface area contributed by atoms with Crippen LogP contribution < -0.4 is 5.32 Å². The van der Waals surface area contributed by atoms with E-state index in [9.17, 15) is 18.0 Å². The lowest BCUT2D eigenvalue weighted by atomic mass is 10.2. The van der Waals surface area contributed by atoms with Gasteiger partial charge in [-0.3, -0.25) is 9.69 Å². The molecule has 0 aromatic heterocycles. The van der Waals surface area contributed by atoms with Crippen molar-refractivity contribution in [2.75, 3.05) is 26.2 Å². The van der Waals surface area contributed by atoms with Gasteiger partial charge in [-0.15, -0.1) is 0 Å². The first-order valence-corrected chi connectivity index (χ1v) is 6.41. The molecule has 0 fully saturated rings. The first-order chi connectivity index (χ1) is 8.71. The van der Waals surface area contributed by atoms with Crippen LogP contribution in [0.4, 0.5) is 13.2 Å². The maximum absolute atomic E-state index is 11.9. The van der Waals surface area contributed by atoms with Crippen molar-refractivity contribution in [1.82, 2.24) is 10.2 Å². The predicted molar refractivity (Wildman–Crippen MR) is 66.9 cm³/mol. The van der Waals surface area contributed by atoms with Crippen LogP contribution in [0.2, 0.25) is 0 Å². The summed E-state index contributed by atoms with van der Waals surface area (Å²) in [6.45, 7) is 7.97. The molecule has 0 aliphatic heterocycles. The van der Waals surface area contributed by atoms with Gasteiger partial charge in [-0.05, 0) is 26.9 Å². The van der Waals surface area contributed by atoms with Crippen LogP contribution in [0.1, 0.15) is 27.7 Å². The van der Waals surface area contributed by atoms with Crippen molar-refractivity contribution in [2.45, 2.75) is 46.0 Å². The Hall–Kier alpha value is -0.820. The molecule has 0 aromatic rings. The minimum atomic E-state index is -4.41. The molecular weight excluding hydrogens is 261 g/mol. The van der Waals surface area contributed by atoms with E-state index in [0.29, 0.717) is 6.54 Å². The van der Waals surface area contributed by atoms with E-state index in [1.54, 1.807) is 0 Å². The number of likely N-dealkylation sites (N-methyl/N-ethyl adjacent to an activating group) is 1. The minimum absolute atomic E-state index is 0.133. The Morgan fingerprint density at radius 3 is 2.21 bits per heavy atom. The van der Waals surface area contributed by atoms with E-state index >= 15 is 0 Å². The monoisotopic (exact) mass is 284 g/mol. The van der Waals surface area contributed by atoms with Gasteiger partial charge >= 0.3 is 6.18 Å². The molecule has 7 heteroatoms. The summed E-state index contributed by atoms with van der Waals surface area (Å²) in [5, 5.41) is 2.59. The van der Waals surface area contributed by atoms with Crippen LogP contribution in [0, 0.1) is 0 Å². The highest BCUT2D eigenvalue weighted by molar-refractivity contribution is 5.80. The number of nitrogens with zero attached hydrogens (tertiary/aromatic N) is 1. The second kappa shape index (κ2) is 8.37. The molecule has 0 bridgehead atoms. The summed E-state index contributed by atoms with van der Waals surface area (Å²) in [5.41, 5.74) is 0. The zero-order valence-electron chi connectivity index (χ0n) is 11.9. The SMILES string of the molecule is CCN(CC)C(C)CNC(=O)C(C)OCC(F)(F)F. The number of hydrogen-bond donors (Lipinski definition) is 1. The molecule has 2 atom stereocenters. The third-order valence-electron chi connectivity index (χ3n) is 2.87. The van der Waals surface area contributed by atoms with Crippen molar-refractivity contribution < 1.29 is 22.7 Å². The van der Waals surface area contributed by atoms with Crippen molar-refractivity contribution in [3.63, 3.8) is 0 Å². The van der Waals surface area contributed by atoms with E-state index in [0.717, 1.165) is 13.1 Å². The van der Waals surface area contributed by atoms with Crippen LogP contribution in [0.5, 0.6) is 0 Å². The molecule has 1 amide bonds. The fraction of sp³-hybridized carbons (Fsp3) is 0.917. The lowest BCUT2D eigenvalue weighted by Crippen LogP contribution is -2.45. The summed E-state index contributed by atoms with van der Waals surface area (Å²) in [4.78, 5) is 13.7. The second-order valence-electron chi connectivity index (χ2n) is 4.38. The molecule has 0 saturated carbocycles. The van der Waals surface area contributed by atoms with Gasteiger partial charge in [-0.25, -0.2) is 0 Å². The van der Waals surface area contributed by atoms with Gasteiger partial charge in [0.1, 0.15) is 12.7 Å². The smallest absolute Gasteiger partial charge is 0.359 e. The molecule has 0 rings (SSSR count). The quantitative estimate of drug-likeness (QED) is 0.739. The van der Waals surface area contributed by atoms with Crippen LogP contribution in [0.3, 0.4) is 0 Å². The third-order valence-corrected chi connectivity index (χ3v) is 2.87. The number of rotatable bonds is 8. The molecule has 0 radical (unpaired) electrons.